The lowest BCUT2D eigenvalue weighted by atomic mass is 10.1. The molecule has 4 aromatic rings. The number of hydrogen-bond donors (Lipinski definition) is 3. The highest BCUT2D eigenvalue weighted by Gasteiger charge is 2.19. The van der Waals surface area contributed by atoms with Gasteiger partial charge < -0.3 is 25.3 Å². The molecule has 14 heteroatoms. The molecular weight excluding hydrogens is 572 g/mol. The molecule has 0 amide bonds. The number of amidine groups is 1. The SMILES string of the molecule is COc1cc(Cc2cnc(NC(C)=Nc3ccc(NS(=O)(=O)c4nccc(C(C)C)n4)cc3)nc2N)cc(OC)c1OC. The number of hydrogen-bond acceptors (Lipinski definition) is 11. The molecule has 0 atom stereocenters. The predicted molar refractivity (Wildman–Crippen MR) is 165 cm³/mol. The number of aromatic nitrogens is 4. The summed E-state index contributed by atoms with van der Waals surface area (Å²) in [4.78, 5) is 21.3. The fourth-order valence-corrected chi connectivity index (χ4v) is 5.03. The van der Waals surface area contributed by atoms with Gasteiger partial charge in [0.2, 0.25) is 11.7 Å². The smallest absolute Gasteiger partial charge is 0.297 e. The van der Waals surface area contributed by atoms with Crippen molar-refractivity contribution in [3.05, 3.63) is 71.7 Å². The van der Waals surface area contributed by atoms with Crippen molar-refractivity contribution >= 4 is 39.0 Å². The quantitative estimate of drug-likeness (QED) is 0.124. The molecule has 0 spiro atoms. The Morgan fingerprint density at radius 2 is 1.65 bits per heavy atom. The normalized spacial score (nSPS) is 11.7. The van der Waals surface area contributed by atoms with E-state index >= 15 is 0 Å². The molecule has 0 bridgehead atoms. The third-order valence-corrected chi connectivity index (χ3v) is 7.39. The Bertz CT molecular complexity index is 1700. The van der Waals surface area contributed by atoms with Crippen molar-refractivity contribution in [1.82, 2.24) is 19.9 Å². The molecule has 226 valence electrons. The molecule has 13 nitrogen and oxygen atoms in total. The van der Waals surface area contributed by atoms with Gasteiger partial charge in [-0.05, 0) is 60.9 Å². The molecule has 0 aliphatic carbocycles. The van der Waals surface area contributed by atoms with Gasteiger partial charge in [0.1, 0.15) is 11.7 Å². The number of anilines is 3. The predicted octanol–water partition coefficient (Wildman–Crippen LogP) is 4.55. The number of nitrogen functional groups attached to an aromatic ring is 1. The molecule has 4 N–H and O–H groups in total. The summed E-state index contributed by atoms with van der Waals surface area (Å²) in [5.41, 5.74) is 9.41. The van der Waals surface area contributed by atoms with Crippen LogP contribution in [0.3, 0.4) is 0 Å². The van der Waals surface area contributed by atoms with Gasteiger partial charge in [0, 0.05) is 35.8 Å². The molecule has 4 rings (SSSR count). The lowest BCUT2D eigenvalue weighted by molar-refractivity contribution is 0.324. The second-order valence-corrected chi connectivity index (χ2v) is 11.3. The Labute approximate surface area is 250 Å². The molecule has 0 saturated heterocycles. The minimum absolute atomic E-state index is 0.0688. The van der Waals surface area contributed by atoms with Gasteiger partial charge in [0.05, 0.1) is 27.0 Å². The lowest BCUT2D eigenvalue weighted by Gasteiger charge is -2.14. The summed E-state index contributed by atoms with van der Waals surface area (Å²) in [6.07, 6.45) is 3.52. The van der Waals surface area contributed by atoms with E-state index in [0.29, 0.717) is 58.0 Å². The first-order valence-corrected chi connectivity index (χ1v) is 14.7. The summed E-state index contributed by atoms with van der Waals surface area (Å²) in [6.45, 7) is 5.61. The van der Waals surface area contributed by atoms with Crippen molar-refractivity contribution in [2.75, 3.05) is 37.1 Å². The van der Waals surface area contributed by atoms with Crippen LogP contribution >= 0.6 is 0 Å². The van der Waals surface area contributed by atoms with Gasteiger partial charge in [-0.2, -0.15) is 13.4 Å². The monoisotopic (exact) mass is 606 g/mol. The molecule has 0 unspecified atom stereocenters. The van der Waals surface area contributed by atoms with Crippen molar-refractivity contribution in [3.8, 4) is 17.2 Å². The van der Waals surface area contributed by atoms with Crippen molar-refractivity contribution in [3.63, 3.8) is 0 Å². The van der Waals surface area contributed by atoms with Crippen LogP contribution in [0.2, 0.25) is 0 Å². The molecule has 0 saturated carbocycles. The zero-order valence-electron chi connectivity index (χ0n) is 24.7. The summed E-state index contributed by atoms with van der Waals surface area (Å²) in [6, 6.07) is 11.9. The molecule has 0 fully saturated rings. The van der Waals surface area contributed by atoms with Crippen molar-refractivity contribution in [2.24, 2.45) is 4.99 Å². The minimum Gasteiger partial charge on any atom is -0.493 e. The van der Waals surface area contributed by atoms with Crippen molar-refractivity contribution in [1.29, 1.82) is 0 Å². The second-order valence-electron chi connectivity index (χ2n) is 9.71. The average molecular weight is 607 g/mol. The maximum atomic E-state index is 12.8. The number of benzene rings is 2. The second kappa shape index (κ2) is 13.3. The summed E-state index contributed by atoms with van der Waals surface area (Å²) in [7, 11) is 0.712. The summed E-state index contributed by atoms with van der Waals surface area (Å²) in [5.74, 6) is 2.74. The minimum atomic E-state index is -3.95. The fraction of sp³-hybridized carbons (Fsp3) is 0.276. The molecule has 0 aliphatic rings. The molecule has 2 aromatic heterocycles. The highest BCUT2D eigenvalue weighted by molar-refractivity contribution is 7.92. The molecule has 2 heterocycles. The lowest BCUT2D eigenvalue weighted by Crippen LogP contribution is -2.17. The van der Waals surface area contributed by atoms with E-state index in [2.05, 4.69) is 35.0 Å². The van der Waals surface area contributed by atoms with E-state index in [1.807, 2.05) is 26.0 Å². The number of methoxy groups -OCH3 is 3. The van der Waals surface area contributed by atoms with Crippen LogP contribution in [0.15, 0.2) is 65.0 Å². The Balaban J connectivity index is 1.42. The highest BCUT2D eigenvalue weighted by atomic mass is 32.2. The van der Waals surface area contributed by atoms with Crippen LogP contribution < -0.4 is 30.0 Å². The topological polar surface area (TPSA) is 176 Å². The maximum absolute atomic E-state index is 12.8. The van der Waals surface area contributed by atoms with E-state index in [0.717, 1.165) is 5.56 Å². The number of nitrogens with zero attached hydrogens (tertiary/aromatic N) is 5. The van der Waals surface area contributed by atoms with E-state index in [4.69, 9.17) is 19.9 Å². The fourth-order valence-electron chi connectivity index (χ4n) is 4.07. The summed E-state index contributed by atoms with van der Waals surface area (Å²) in [5, 5.41) is 2.74. The van der Waals surface area contributed by atoms with Gasteiger partial charge in [0.15, 0.2) is 11.5 Å². The van der Waals surface area contributed by atoms with Crippen molar-refractivity contribution in [2.45, 2.75) is 38.3 Å². The van der Waals surface area contributed by atoms with Crippen LogP contribution in [0.25, 0.3) is 0 Å². The first-order valence-electron chi connectivity index (χ1n) is 13.2. The van der Waals surface area contributed by atoms with E-state index in [1.54, 1.807) is 64.8 Å². The number of sulfonamides is 1. The summed E-state index contributed by atoms with van der Waals surface area (Å²) >= 11 is 0. The molecule has 0 aliphatic heterocycles. The van der Waals surface area contributed by atoms with Crippen molar-refractivity contribution < 1.29 is 22.6 Å². The van der Waals surface area contributed by atoms with Crippen LogP contribution in [-0.2, 0) is 16.4 Å². The summed E-state index contributed by atoms with van der Waals surface area (Å²) < 4.78 is 44.3. The van der Waals surface area contributed by atoms with Gasteiger partial charge in [-0.3, -0.25) is 4.72 Å². The first-order chi connectivity index (χ1) is 20.5. The molecule has 2 aromatic carbocycles. The Morgan fingerprint density at radius 1 is 0.977 bits per heavy atom. The van der Waals surface area contributed by atoms with E-state index < -0.39 is 10.0 Å². The average Bonchev–Trinajstić information content (AvgIpc) is 2.98. The number of ether oxygens (including phenoxy) is 3. The highest BCUT2D eigenvalue weighted by Crippen LogP contribution is 2.39. The third-order valence-electron chi connectivity index (χ3n) is 6.21. The van der Waals surface area contributed by atoms with Gasteiger partial charge in [-0.15, -0.1) is 0 Å². The van der Waals surface area contributed by atoms with Gasteiger partial charge >= 0.3 is 0 Å². The third kappa shape index (κ3) is 7.65. The number of aliphatic imine (C=N–C) groups is 1. The maximum Gasteiger partial charge on any atom is 0.297 e. The standard InChI is InChI=1S/C29H34N8O5S/c1-17(2)23-11-12-31-29(35-23)43(38,39)37-22-9-7-21(8-10-22)33-18(3)34-28-32-16-20(27(30)36-28)13-19-14-24(40-4)26(42-6)25(15-19)41-5/h7-12,14-17,37H,13H2,1-6H3,(H3,30,32,33,34,36). The molecule has 0 radical (unpaired) electrons. The zero-order valence-corrected chi connectivity index (χ0v) is 25.6. The molecule has 43 heavy (non-hydrogen) atoms. The van der Waals surface area contributed by atoms with Crippen LogP contribution in [0.4, 0.5) is 23.1 Å². The largest absolute Gasteiger partial charge is 0.493 e. The van der Waals surface area contributed by atoms with Gasteiger partial charge in [-0.25, -0.2) is 19.9 Å². The number of rotatable bonds is 11. The zero-order chi connectivity index (χ0) is 31.1. The number of nitrogens with two attached hydrogens (primary N) is 1. The van der Waals surface area contributed by atoms with Gasteiger partial charge in [0.25, 0.3) is 15.2 Å². The van der Waals surface area contributed by atoms with Crippen LogP contribution in [-0.4, -0.2) is 55.5 Å². The first kappa shape index (κ1) is 31.0. The van der Waals surface area contributed by atoms with Crippen LogP contribution in [0.5, 0.6) is 17.2 Å². The van der Waals surface area contributed by atoms with Gasteiger partial charge in [-0.1, -0.05) is 13.8 Å². The van der Waals surface area contributed by atoms with E-state index in [9.17, 15) is 8.42 Å². The Hall–Kier alpha value is -4.98. The Morgan fingerprint density at radius 3 is 2.23 bits per heavy atom. The molecular formula is C29H34N8O5S. The number of nitrogens with one attached hydrogen (secondary N) is 2. The van der Waals surface area contributed by atoms with E-state index in [1.165, 1.54) is 6.20 Å². The Kier molecular flexibility index (Phi) is 9.60. The van der Waals surface area contributed by atoms with Crippen LogP contribution in [0, 0.1) is 0 Å². The van der Waals surface area contributed by atoms with Crippen LogP contribution in [0.1, 0.15) is 43.5 Å². The van der Waals surface area contributed by atoms with E-state index in [-0.39, 0.29) is 17.0 Å².